The molecule has 2 heterocycles. The van der Waals surface area contributed by atoms with E-state index < -0.39 is 0 Å². The standard InChI is InChI=1S/C14H17BrClN3O/c1-4-11-13(16)12(19(5-2)17-11)8-18-7-10(15)6-9(3)14(18)20/h6-7H,4-5,8H2,1-3H3. The highest BCUT2D eigenvalue weighted by atomic mass is 79.9. The van der Waals surface area contributed by atoms with Crippen molar-refractivity contribution in [1.82, 2.24) is 14.3 Å². The lowest BCUT2D eigenvalue weighted by atomic mass is 10.2. The minimum absolute atomic E-state index is 0.00818. The summed E-state index contributed by atoms with van der Waals surface area (Å²) in [6.45, 7) is 7.00. The molecular formula is C14H17BrClN3O. The Hall–Kier alpha value is -1.07. The maximum atomic E-state index is 12.2. The van der Waals surface area contributed by atoms with Gasteiger partial charge < -0.3 is 4.57 Å². The molecule has 0 saturated heterocycles. The molecule has 108 valence electrons. The molecule has 0 unspecified atom stereocenters. The molecule has 6 heteroatoms. The van der Waals surface area contributed by atoms with Crippen LogP contribution in [0.1, 0.15) is 30.8 Å². The van der Waals surface area contributed by atoms with Gasteiger partial charge in [-0.15, -0.1) is 0 Å². The van der Waals surface area contributed by atoms with Crippen LogP contribution in [0.4, 0.5) is 0 Å². The Morgan fingerprint density at radius 2 is 2.10 bits per heavy atom. The van der Waals surface area contributed by atoms with Crippen molar-refractivity contribution in [2.24, 2.45) is 0 Å². The second-order valence-corrected chi connectivity index (χ2v) is 5.94. The van der Waals surface area contributed by atoms with Crippen molar-refractivity contribution in [3.8, 4) is 0 Å². The second kappa shape index (κ2) is 6.14. The summed E-state index contributed by atoms with van der Waals surface area (Å²) in [6, 6.07) is 1.81. The van der Waals surface area contributed by atoms with E-state index in [9.17, 15) is 4.79 Å². The number of aryl methyl sites for hydroxylation is 3. The molecule has 0 atom stereocenters. The van der Waals surface area contributed by atoms with Crippen LogP contribution >= 0.6 is 27.5 Å². The average Bonchev–Trinajstić information content (AvgIpc) is 2.72. The Balaban J connectivity index is 2.50. The van der Waals surface area contributed by atoms with Gasteiger partial charge >= 0.3 is 0 Å². The fourth-order valence-corrected chi connectivity index (χ4v) is 3.11. The highest BCUT2D eigenvalue weighted by molar-refractivity contribution is 9.10. The third-order valence-electron chi connectivity index (χ3n) is 3.25. The fourth-order valence-electron chi connectivity index (χ4n) is 2.19. The molecule has 0 amide bonds. The number of aromatic nitrogens is 3. The van der Waals surface area contributed by atoms with E-state index in [4.69, 9.17) is 11.6 Å². The molecule has 0 N–H and O–H groups in total. The Morgan fingerprint density at radius 3 is 2.70 bits per heavy atom. The van der Waals surface area contributed by atoms with Gasteiger partial charge in [-0.2, -0.15) is 5.10 Å². The molecule has 0 aliphatic rings. The van der Waals surface area contributed by atoms with Crippen LogP contribution in [0, 0.1) is 6.92 Å². The van der Waals surface area contributed by atoms with Crippen molar-refractivity contribution in [2.45, 2.75) is 40.3 Å². The third kappa shape index (κ3) is 2.83. The second-order valence-electron chi connectivity index (χ2n) is 4.65. The topological polar surface area (TPSA) is 39.8 Å². The largest absolute Gasteiger partial charge is 0.308 e. The third-order valence-corrected chi connectivity index (χ3v) is 4.12. The van der Waals surface area contributed by atoms with Crippen LogP contribution in [-0.2, 0) is 19.5 Å². The molecular weight excluding hydrogens is 342 g/mol. The van der Waals surface area contributed by atoms with Crippen LogP contribution in [0.25, 0.3) is 0 Å². The van der Waals surface area contributed by atoms with Crippen LogP contribution in [-0.4, -0.2) is 14.3 Å². The number of nitrogens with zero attached hydrogens (tertiary/aromatic N) is 3. The SMILES string of the molecule is CCc1nn(CC)c(Cn2cc(Br)cc(C)c2=O)c1Cl. The predicted octanol–water partition coefficient (Wildman–Crippen LogP) is 3.40. The van der Waals surface area contributed by atoms with Gasteiger partial charge in [0.05, 0.1) is 23.0 Å². The molecule has 0 fully saturated rings. The lowest BCUT2D eigenvalue weighted by Gasteiger charge is -2.10. The number of rotatable bonds is 4. The zero-order chi connectivity index (χ0) is 14.9. The minimum atomic E-state index is -0.00818. The summed E-state index contributed by atoms with van der Waals surface area (Å²) >= 11 is 9.80. The Labute approximate surface area is 131 Å². The van der Waals surface area contributed by atoms with Crippen LogP contribution in [0.5, 0.6) is 0 Å². The maximum Gasteiger partial charge on any atom is 0.253 e. The van der Waals surface area contributed by atoms with Crippen LogP contribution in [0.15, 0.2) is 21.5 Å². The first kappa shape index (κ1) is 15.3. The minimum Gasteiger partial charge on any atom is -0.308 e. The number of hydrogen-bond donors (Lipinski definition) is 0. The van der Waals surface area contributed by atoms with E-state index in [1.54, 1.807) is 17.7 Å². The van der Waals surface area contributed by atoms with E-state index in [0.29, 0.717) is 17.1 Å². The lowest BCUT2D eigenvalue weighted by molar-refractivity contribution is 0.588. The molecule has 0 aliphatic heterocycles. The van der Waals surface area contributed by atoms with Crippen LogP contribution in [0.3, 0.4) is 0 Å². The Kier molecular flexibility index (Phi) is 4.70. The molecule has 2 aromatic heterocycles. The van der Waals surface area contributed by atoms with Crippen LogP contribution < -0.4 is 5.56 Å². The predicted molar refractivity (Wildman–Crippen MR) is 84.5 cm³/mol. The molecule has 2 rings (SSSR count). The highest BCUT2D eigenvalue weighted by Crippen LogP contribution is 2.22. The number of halogens is 2. The molecule has 0 aromatic carbocycles. The molecule has 2 aromatic rings. The average molecular weight is 359 g/mol. The monoisotopic (exact) mass is 357 g/mol. The first-order valence-corrected chi connectivity index (χ1v) is 7.75. The van der Waals surface area contributed by atoms with Gasteiger partial charge in [0.25, 0.3) is 5.56 Å². The highest BCUT2D eigenvalue weighted by Gasteiger charge is 2.15. The summed E-state index contributed by atoms with van der Waals surface area (Å²) in [5.41, 5.74) is 2.45. The van der Waals surface area contributed by atoms with Crippen molar-refractivity contribution in [1.29, 1.82) is 0 Å². The van der Waals surface area contributed by atoms with E-state index in [-0.39, 0.29) is 5.56 Å². The van der Waals surface area contributed by atoms with Crippen molar-refractivity contribution in [3.05, 3.63) is 49.1 Å². The van der Waals surface area contributed by atoms with E-state index in [1.807, 2.05) is 24.6 Å². The molecule has 0 spiro atoms. The zero-order valence-electron chi connectivity index (χ0n) is 11.8. The summed E-state index contributed by atoms with van der Waals surface area (Å²) in [7, 11) is 0. The van der Waals surface area contributed by atoms with E-state index in [0.717, 1.165) is 28.8 Å². The summed E-state index contributed by atoms with van der Waals surface area (Å²) in [5, 5.41) is 5.14. The van der Waals surface area contributed by atoms with Gasteiger partial charge in [0.1, 0.15) is 0 Å². The quantitative estimate of drug-likeness (QED) is 0.840. The molecule has 4 nitrogen and oxygen atoms in total. The molecule has 0 bridgehead atoms. The molecule has 0 saturated carbocycles. The van der Waals surface area contributed by atoms with Gasteiger partial charge in [0.15, 0.2) is 0 Å². The van der Waals surface area contributed by atoms with Gasteiger partial charge in [0, 0.05) is 22.8 Å². The van der Waals surface area contributed by atoms with E-state index >= 15 is 0 Å². The van der Waals surface area contributed by atoms with E-state index in [2.05, 4.69) is 21.0 Å². The number of pyridine rings is 1. The van der Waals surface area contributed by atoms with Crippen LogP contribution in [0.2, 0.25) is 5.02 Å². The summed E-state index contributed by atoms with van der Waals surface area (Å²) < 4.78 is 4.40. The molecule has 0 aliphatic carbocycles. The summed E-state index contributed by atoms with van der Waals surface area (Å²) in [6.07, 6.45) is 2.57. The van der Waals surface area contributed by atoms with Gasteiger partial charge in [-0.3, -0.25) is 9.48 Å². The lowest BCUT2D eigenvalue weighted by Crippen LogP contribution is -2.23. The van der Waals surface area contributed by atoms with Crippen molar-refractivity contribution >= 4 is 27.5 Å². The number of hydrogen-bond acceptors (Lipinski definition) is 2. The molecule has 0 radical (unpaired) electrons. The fraction of sp³-hybridized carbons (Fsp3) is 0.429. The van der Waals surface area contributed by atoms with Gasteiger partial charge in [-0.05, 0) is 42.3 Å². The summed E-state index contributed by atoms with van der Waals surface area (Å²) in [5.74, 6) is 0. The Bertz CT molecular complexity index is 690. The Morgan fingerprint density at radius 1 is 1.40 bits per heavy atom. The normalized spacial score (nSPS) is 11.1. The van der Waals surface area contributed by atoms with E-state index in [1.165, 1.54) is 0 Å². The van der Waals surface area contributed by atoms with Crippen molar-refractivity contribution in [2.75, 3.05) is 0 Å². The first-order chi connectivity index (χ1) is 9.47. The van der Waals surface area contributed by atoms with Gasteiger partial charge in [-0.1, -0.05) is 18.5 Å². The van der Waals surface area contributed by atoms with Crippen molar-refractivity contribution in [3.63, 3.8) is 0 Å². The zero-order valence-corrected chi connectivity index (χ0v) is 14.1. The maximum absolute atomic E-state index is 12.2. The smallest absolute Gasteiger partial charge is 0.253 e. The molecule has 20 heavy (non-hydrogen) atoms. The summed E-state index contributed by atoms with van der Waals surface area (Å²) in [4.78, 5) is 12.2. The van der Waals surface area contributed by atoms with Crippen molar-refractivity contribution < 1.29 is 0 Å². The van der Waals surface area contributed by atoms with Gasteiger partial charge in [0.2, 0.25) is 0 Å². The van der Waals surface area contributed by atoms with Gasteiger partial charge in [-0.25, -0.2) is 0 Å². The first-order valence-electron chi connectivity index (χ1n) is 6.58.